The number of tetrazole rings is 1. The van der Waals surface area contributed by atoms with E-state index in [0.29, 0.717) is 10.8 Å². The van der Waals surface area contributed by atoms with E-state index in [1.165, 1.54) is 34.6 Å². The summed E-state index contributed by atoms with van der Waals surface area (Å²) >= 11 is 1.23. The second-order valence-electron chi connectivity index (χ2n) is 3.84. The smallest absolute Gasteiger partial charge is 0.237 e. The van der Waals surface area contributed by atoms with Crippen LogP contribution in [0.2, 0.25) is 0 Å². The topological polar surface area (TPSA) is 72.7 Å². The molecule has 0 unspecified atom stereocenters. The Morgan fingerprint density at radius 2 is 2.32 bits per heavy atom. The molecule has 1 N–H and O–H groups in total. The highest BCUT2D eigenvalue weighted by molar-refractivity contribution is 8.00. The first-order valence-corrected chi connectivity index (χ1v) is 6.39. The van der Waals surface area contributed by atoms with Crippen molar-refractivity contribution in [3.8, 4) is 0 Å². The minimum atomic E-state index is -0.395. The number of aryl methyl sites for hydroxylation is 1. The van der Waals surface area contributed by atoms with Gasteiger partial charge in [-0.25, -0.2) is 9.07 Å². The molecule has 1 aromatic heterocycles. The minimum Gasteiger partial charge on any atom is -0.325 e. The molecule has 0 aliphatic heterocycles. The van der Waals surface area contributed by atoms with Crippen LogP contribution in [0.25, 0.3) is 0 Å². The molecule has 0 fully saturated rings. The number of rotatable bonds is 4. The lowest BCUT2D eigenvalue weighted by Crippen LogP contribution is -2.22. The fraction of sp³-hybridized carbons (Fsp3) is 0.273. The summed E-state index contributed by atoms with van der Waals surface area (Å²) in [5.41, 5.74) is 0.425. The number of amides is 1. The number of carbonyl (C=O) groups is 1. The molecule has 0 bridgehead atoms. The molecule has 19 heavy (non-hydrogen) atoms. The zero-order chi connectivity index (χ0) is 13.8. The number of carbonyl (C=O) groups excluding carboxylic acids is 1. The Morgan fingerprint density at radius 1 is 1.53 bits per heavy atom. The highest BCUT2D eigenvalue weighted by Crippen LogP contribution is 2.20. The van der Waals surface area contributed by atoms with Gasteiger partial charge in [0.05, 0.1) is 5.25 Å². The van der Waals surface area contributed by atoms with Gasteiger partial charge in [-0.05, 0) is 35.5 Å². The molecule has 0 spiro atoms. The molecule has 6 nitrogen and oxygen atoms in total. The zero-order valence-electron chi connectivity index (χ0n) is 10.4. The van der Waals surface area contributed by atoms with Gasteiger partial charge in [0.25, 0.3) is 0 Å². The van der Waals surface area contributed by atoms with Gasteiger partial charge in [-0.3, -0.25) is 4.79 Å². The summed E-state index contributed by atoms with van der Waals surface area (Å²) in [7, 11) is 1.69. The van der Waals surface area contributed by atoms with Crippen LogP contribution in [0, 0.1) is 5.82 Å². The van der Waals surface area contributed by atoms with Crippen LogP contribution in [0.3, 0.4) is 0 Å². The number of hydrogen-bond donors (Lipinski definition) is 1. The van der Waals surface area contributed by atoms with Crippen LogP contribution in [0.15, 0.2) is 29.4 Å². The van der Waals surface area contributed by atoms with Crippen LogP contribution in [0.1, 0.15) is 6.92 Å². The van der Waals surface area contributed by atoms with Gasteiger partial charge in [0.2, 0.25) is 11.1 Å². The summed E-state index contributed by atoms with van der Waals surface area (Å²) < 4.78 is 14.5. The Labute approximate surface area is 113 Å². The van der Waals surface area contributed by atoms with E-state index < -0.39 is 11.1 Å². The van der Waals surface area contributed by atoms with Gasteiger partial charge >= 0.3 is 0 Å². The third kappa shape index (κ3) is 3.50. The number of benzene rings is 1. The second-order valence-corrected chi connectivity index (χ2v) is 5.15. The van der Waals surface area contributed by atoms with Crippen molar-refractivity contribution >= 4 is 23.4 Å². The number of nitrogens with one attached hydrogen (secondary N) is 1. The molecule has 1 amide bonds. The van der Waals surface area contributed by atoms with E-state index in [-0.39, 0.29) is 5.91 Å². The molecule has 2 aromatic rings. The van der Waals surface area contributed by atoms with Crippen molar-refractivity contribution in [2.45, 2.75) is 17.3 Å². The molecule has 1 atom stereocenters. The summed E-state index contributed by atoms with van der Waals surface area (Å²) in [5.74, 6) is -0.630. The number of anilines is 1. The largest absolute Gasteiger partial charge is 0.325 e. The first kappa shape index (κ1) is 13.5. The molecule has 0 radical (unpaired) electrons. The van der Waals surface area contributed by atoms with E-state index in [4.69, 9.17) is 0 Å². The molecule has 8 heteroatoms. The average Bonchev–Trinajstić information content (AvgIpc) is 2.75. The Balaban J connectivity index is 1.98. The van der Waals surface area contributed by atoms with Gasteiger partial charge in [-0.1, -0.05) is 17.8 Å². The van der Waals surface area contributed by atoms with Crippen molar-refractivity contribution in [3.63, 3.8) is 0 Å². The number of halogens is 1. The van der Waals surface area contributed by atoms with Crippen molar-refractivity contribution in [2.24, 2.45) is 7.05 Å². The predicted molar refractivity (Wildman–Crippen MR) is 69.1 cm³/mol. The fourth-order valence-electron chi connectivity index (χ4n) is 1.34. The lowest BCUT2D eigenvalue weighted by atomic mass is 10.3. The van der Waals surface area contributed by atoms with Gasteiger partial charge in [0, 0.05) is 12.7 Å². The third-order valence-electron chi connectivity index (χ3n) is 2.32. The van der Waals surface area contributed by atoms with Gasteiger partial charge in [-0.2, -0.15) is 0 Å². The van der Waals surface area contributed by atoms with E-state index in [1.54, 1.807) is 20.0 Å². The number of hydrogen-bond acceptors (Lipinski definition) is 5. The van der Waals surface area contributed by atoms with Crippen molar-refractivity contribution < 1.29 is 9.18 Å². The first-order valence-electron chi connectivity index (χ1n) is 5.51. The lowest BCUT2D eigenvalue weighted by molar-refractivity contribution is -0.115. The highest BCUT2D eigenvalue weighted by atomic mass is 32.2. The van der Waals surface area contributed by atoms with Crippen LogP contribution in [0.4, 0.5) is 10.1 Å². The van der Waals surface area contributed by atoms with Crippen molar-refractivity contribution in [1.82, 2.24) is 20.2 Å². The van der Waals surface area contributed by atoms with Crippen LogP contribution in [-0.2, 0) is 11.8 Å². The van der Waals surface area contributed by atoms with Gasteiger partial charge in [-0.15, -0.1) is 5.10 Å². The van der Waals surface area contributed by atoms with Gasteiger partial charge in [0.15, 0.2) is 0 Å². The molecular weight excluding hydrogens is 269 g/mol. The SMILES string of the molecule is C[C@H](Sc1nnnn1C)C(=O)Nc1cccc(F)c1. The predicted octanol–water partition coefficient (Wildman–Crippen LogP) is 1.47. The summed E-state index contributed by atoms with van der Waals surface area (Å²) in [6.45, 7) is 1.73. The summed E-state index contributed by atoms with van der Waals surface area (Å²) in [5, 5.41) is 13.7. The zero-order valence-corrected chi connectivity index (χ0v) is 11.2. The standard InChI is InChI=1S/C11H12FN5OS/c1-7(19-11-14-15-16-17(11)2)10(18)13-9-5-3-4-8(12)6-9/h3-7H,1-2H3,(H,13,18)/t7-/m0/s1. The van der Waals surface area contributed by atoms with Crippen LogP contribution >= 0.6 is 11.8 Å². The van der Waals surface area contributed by atoms with E-state index in [2.05, 4.69) is 20.8 Å². The number of thioether (sulfide) groups is 1. The normalized spacial score (nSPS) is 12.2. The molecule has 0 saturated carbocycles. The average molecular weight is 281 g/mol. The van der Waals surface area contributed by atoms with Gasteiger partial charge < -0.3 is 5.32 Å². The number of aromatic nitrogens is 4. The van der Waals surface area contributed by atoms with Crippen molar-refractivity contribution in [2.75, 3.05) is 5.32 Å². The van der Waals surface area contributed by atoms with Crippen LogP contribution in [0.5, 0.6) is 0 Å². The summed E-state index contributed by atoms with van der Waals surface area (Å²) in [4.78, 5) is 11.9. The molecule has 0 saturated heterocycles. The molecule has 0 aliphatic carbocycles. The summed E-state index contributed by atoms with van der Waals surface area (Å²) in [6.07, 6.45) is 0. The third-order valence-corrected chi connectivity index (χ3v) is 3.45. The first-order chi connectivity index (χ1) is 9.06. The number of nitrogens with zero attached hydrogens (tertiary/aromatic N) is 4. The highest BCUT2D eigenvalue weighted by Gasteiger charge is 2.17. The van der Waals surface area contributed by atoms with E-state index in [0.717, 1.165) is 0 Å². The van der Waals surface area contributed by atoms with Gasteiger partial charge in [0.1, 0.15) is 5.82 Å². The molecular formula is C11H12FN5OS. The monoisotopic (exact) mass is 281 g/mol. The lowest BCUT2D eigenvalue weighted by Gasteiger charge is -2.10. The molecule has 100 valence electrons. The van der Waals surface area contributed by atoms with E-state index >= 15 is 0 Å². The van der Waals surface area contributed by atoms with Crippen molar-refractivity contribution in [1.29, 1.82) is 0 Å². The Hall–Kier alpha value is -1.96. The molecule has 2 rings (SSSR count). The molecule has 0 aliphatic rings. The summed E-state index contributed by atoms with van der Waals surface area (Å²) in [6, 6.07) is 5.75. The van der Waals surface area contributed by atoms with Crippen molar-refractivity contribution in [3.05, 3.63) is 30.1 Å². The molecule has 1 heterocycles. The van der Waals surface area contributed by atoms with Crippen LogP contribution in [-0.4, -0.2) is 31.4 Å². The van der Waals surface area contributed by atoms with E-state index in [9.17, 15) is 9.18 Å². The Morgan fingerprint density at radius 3 is 2.95 bits per heavy atom. The fourth-order valence-corrected chi connectivity index (χ4v) is 2.10. The maximum atomic E-state index is 13.0. The maximum Gasteiger partial charge on any atom is 0.237 e. The molecule has 1 aromatic carbocycles. The van der Waals surface area contributed by atoms with E-state index in [1.807, 2.05) is 0 Å². The van der Waals surface area contributed by atoms with Crippen LogP contribution < -0.4 is 5.32 Å². The Bertz CT molecular complexity index is 588. The quantitative estimate of drug-likeness (QED) is 0.859. The second kappa shape index (κ2) is 5.79. The maximum absolute atomic E-state index is 13.0. The Kier molecular flexibility index (Phi) is 4.10. The minimum absolute atomic E-state index is 0.237.